The molecule has 0 radical (unpaired) electrons. The lowest BCUT2D eigenvalue weighted by Crippen LogP contribution is -2.35. The van der Waals surface area contributed by atoms with Crippen molar-refractivity contribution in [3.8, 4) is 0 Å². The molecule has 0 aromatic carbocycles. The van der Waals surface area contributed by atoms with Gasteiger partial charge < -0.3 is 14.6 Å². The van der Waals surface area contributed by atoms with E-state index in [1.807, 2.05) is 0 Å². The molecule has 0 spiro atoms. The first-order valence-corrected chi connectivity index (χ1v) is 7.50. The van der Waals surface area contributed by atoms with Gasteiger partial charge in [0, 0.05) is 13.1 Å². The molecule has 0 unspecified atom stereocenters. The molecule has 0 saturated heterocycles. The summed E-state index contributed by atoms with van der Waals surface area (Å²) in [6.45, 7) is 5.92. The molecule has 1 aliphatic rings. The third-order valence-corrected chi connectivity index (χ3v) is 4.23. The minimum Gasteiger partial charge on any atom is -0.407 e. The van der Waals surface area contributed by atoms with Crippen molar-refractivity contribution in [2.75, 3.05) is 18.5 Å². The van der Waals surface area contributed by atoms with Crippen LogP contribution in [-0.4, -0.2) is 29.8 Å². The van der Waals surface area contributed by atoms with Crippen LogP contribution in [-0.2, 0) is 6.54 Å². The Hall–Kier alpha value is -1.10. The molecule has 0 aliphatic heterocycles. The molecule has 2 rings (SSSR count). The van der Waals surface area contributed by atoms with Crippen molar-refractivity contribution in [3.05, 3.63) is 5.89 Å². The third kappa shape index (κ3) is 3.69. The number of rotatable bonds is 6. The second-order valence-electron chi connectivity index (χ2n) is 5.45. The number of hydrogen-bond donors (Lipinski definition) is 1. The van der Waals surface area contributed by atoms with Crippen LogP contribution in [0.4, 0.5) is 6.01 Å². The van der Waals surface area contributed by atoms with Crippen LogP contribution >= 0.6 is 0 Å². The quantitative estimate of drug-likeness (QED) is 0.857. The van der Waals surface area contributed by atoms with E-state index < -0.39 is 0 Å². The van der Waals surface area contributed by atoms with Crippen molar-refractivity contribution < 1.29 is 4.42 Å². The van der Waals surface area contributed by atoms with Crippen LogP contribution in [0.15, 0.2) is 4.42 Å². The topological polar surface area (TPSA) is 54.2 Å². The SMILES string of the molecule is CCNCc1nnc(N(C)C2CCC(CC)CC2)o1. The molecule has 0 bridgehead atoms. The first kappa shape index (κ1) is 14.3. The number of nitrogens with zero attached hydrogens (tertiary/aromatic N) is 3. The van der Waals surface area contributed by atoms with E-state index in [0.717, 1.165) is 12.5 Å². The predicted octanol–water partition coefficient (Wildman–Crippen LogP) is 2.58. The molecule has 5 nitrogen and oxygen atoms in total. The normalized spacial score (nSPS) is 23.5. The summed E-state index contributed by atoms with van der Waals surface area (Å²) in [5, 5.41) is 11.4. The molecule has 0 amide bonds. The van der Waals surface area contributed by atoms with Gasteiger partial charge in [-0.1, -0.05) is 25.4 Å². The van der Waals surface area contributed by atoms with E-state index in [1.165, 1.54) is 32.1 Å². The van der Waals surface area contributed by atoms with Crippen molar-refractivity contribution in [1.29, 1.82) is 0 Å². The maximum absolute atomic E-state index is 5.70. The highest BCUT2D eigenvalue weighted by Crippen LogP contribution is 2.30. The summed E-state index contributed by atoms with van der Waals surface area (Å²) in [7, 11) is 2.07. The average molecular weight is 266 g/mol. The fourth-order valence-electron chi connectivity index (χ4n) is 2.79. The summed E-state index contributed by atoms with van der Waals surface area (Å²) in [5.74, 6) is 1.59. The monoisotopic (exact) mass is 266 g/mol. The molecule has 1 aromatic heterocycles. The zero-order valence-electron chi connectivity index (χ0n) is 12.4. The van der Waals surface area contributed by atoms with Gasteiger partial charge in [-0.05, 0) is 38.1 Å². The van der Waals surface area contributed by atoms with Crippen LogP contribution in [0.5, 0.6) is 0 Å². The van der Waals surface area contributed by atoms with E-state index in [4.69, 9.17) is 4.42 Å². The molecule has 5 heteroatoms. The zero-order valence-corrected chi connectivity index (χ0v) is 12.4. The van der Waals surface area contributed by atoms with Gasteiger partial charge in [-0.25, -0.2) is 0 Å². The summed E-state index contributed by atoms with van der Waals surface area (Å²) < 4.78 is 5.70. The lowest BCUT2D eigenvalue weighted by atomic mass is 9.84. The Balaban J connectivity index is 1.88. The van der Waals surface area contributed by atoms with E-state index in [1.54, 1.807) is 0 Å². The van der Waals surface area contributed by atoms with Crippen molar-refractivity contribution in [2.24, 2.45) is 5.92 Å². The van der Waals surface area contributed by atoms with Crippen molar-refractivity contribution >= 4 is 6.01 Å². The van der Waals surface area contributed by atoms with Crippen LogP contribution < -0.4 is 10.2 Å². The van der Waals surface area contributed by atoms with E-state index in [0.29, 0.717) is 24.5 Å². The fraction of sp³-hybridized carbons (Fsp3) is 0.857. The minimum absolute atomic E-state index is 0.551. The second kappa shape index (κ2) is 6.89. The Morgan fingerprint density at radius 3 is 2.58 bits per heavy atom. The molecular weight excluding hydrogens is 240 g/mol. The van der Waals surface area contributed by atoms with Gasteiger partial charge in [0.1, 0.15) is 0 Å². The van der Waals surface area contributed by atoms with Crippen molar-refractivity contribution in [2.45, 2.75) is 58.5 Å². The highest BCUT2D eigenvalue weighted by Gasteiger charge is 2.25. The fourth-order valence-corrected chi connectivity index (χ4v) is 2.79. The molecule has 1 aromatic rings. The molecule has 1 N–H and O–H groups in total. The number of anilines is 1. The minimum atomic E-state index is 0.551. The lowest BCUT2D eigenvalue weighted by molar-refractivity contribution is 0.306. The first-order chi connectivity index (χ1) is 9.24. The molecule has 19 heavy (non-hydrogen) atoms. The van der Waals surface area contributed by atoms with Gasteiger partial charge in [-0.15, -0.1) is 5.10 Å². The van der Waals surface area contributed by atoms with Crippen LogP contribution in [0.2, 0.25) is 0 Å². The maximum atomic E-state index is 5.70. The highest BCUT2D eigenvalue weighted by molar-refractivity contribution is 5.24. The molecule has 1 saturated carbocycles. The summed E-state index contributed by atoms with van der Waals surface area (Å²) in [5.41, 5.74) is 0. The Bertz CT molecular complexity index is 371. The van der Waals surface area contributed by atoms with Gasteiger partial charge in [0.2, 0.25) is 5.89 Å². The van der Waals surface area contributed by atoms with E-state index in [2.05, 4.69) is 41.3 Å². The zero-order chi connectivity index (χ0) is 13.7. The van der Waals surface area contributed by atoms with Crippen molar-refractivity contribution in [3.63, 3.8) is 0 Å². The Morgan fingerprint density at radius 2 is 1.95 bits per heavy atom. The largest absolute Gasteiger partial charge is 0.407 e. The van der Waals surface area contributed by atoms with Crippen molar-refractivity contribution in [1.82, 2.24) is 15.5 Å². The molecular formula is C14H26N4O. The third-order valence-electron chi connectivity index (χ3n) is 4.23. The van der Waals surface area contributed by atoms with E-state index >= 15 is 0 Å². The van der Waals surface area contributed by atoms with Gasteiger partial charge in [0.15, 0.2) is 0 Å². The summed E-state index contributed by atoms with van der Waals surface area (Å²) in [4.78, 5) is 2.16. The maximum Gasteiger partial charge on any atom is 0.318 e. The number of hydrogen-bond acceptors (Lipinski definition) is 5. The van der Waals surface area contributed by atoms with Crippen LogP contribution in [0, 0.1) is 5.92 Å². The van der Waals surface area contributed by atoms with Gasteiger partial charge in [-0.3, -0.25) is 0 Å². The highest BCUT2D eigenvalue weighted by atomic mass is 16.4. The first-order valence-electron chi connectivity index (χ1n) is 7.50. The van der Waals surface area contributed by atoms with Crippen LogP contribution in [0.3, 0.4) is 0 Å². The molecule has 108 valence electrons. The number of nitrogens with one attached hydrogen (secondary N) is 1. The average Bonchev–Trinajstić information content (AvgIpc) is 2.93. The standard InChI is InChI=1S/C14H26N4O/c1-4-11-6-8-12(9-7-11)18(3)14-17-16-13(19-14)10-15-5-2/h11-12,15H,4-10H2,1-3H3. The summed E-state index contributed by atoms with van der Waals surface area (Å²) >= 11 is 0. The molecule has 1 heterocycles. The van der Waals surface area contributed by atoms with Gasteiger partial charge in [-0.2, -0.15) is 0 Å². The summed E-state index contributed by atoms with van der Waals surface area (Å²) in [6.07, 6.45) is 6.43. The summed E-state index contributed by atoms with van der Waals surface area (Å²) in [6, 6.07) is 1.21. The lowest BCUT2D eigenvalue weighted by Gasteiger charge is -2.33. The molecule has 0 atom stereocenters. The Labute approximate surface area is 115 Å². The smallest absolute Gasteiger partial charge is 0.318 e. The number of aromatic nitrogens is 2. The molecule has 1 fully saturated rings. The van der Waals surface area contributed by atoms with Crippen LogP contribution in [0.1, 0.15) is 51.8 Å². The predicted molar refractivity (Wildman–Crippen MR) is 76.1 cm³/mol. The Morgan fingerprint density at radius 1 is 1.21 bits per heavy atom. The van der Waals surface area contributed by atoms with Gasteiger partial charge in [0.05, 0.1) is 6.54 Å². The second-order valence-corrected chi connectivity index (χ2v) is 5.45. The Kier molecular flexibility index (Phi) is 5.19. The molecule has 1 aliphatic carbocycles. The van der Waals surface area contributed by atoms with E-state index in [-0.39, 0.29) is 0 Å². The van der Waals surface area contributed by atoms with Gasteiger partial charge >= 0.3 is 6.01 Å². The van der Waals surface area contributed by atoms with E-state index in [9.17, 15) is 0 Å². The van der Waals surface area contributed by atoms with Crippen LogP contribution in [0.25, 0.3) is 0 Å². The van der Waals surface area contributed by atoms with Gasteiger partial charge in [0.25, 0.3) is 0 Å².